The van der Waals surface area contributed by atoms with Crippen LogP contribution in [0.25, 0.3) is 0 Å². The summed E-state index contributed by atoms with van der Waals surface area (Å²) in [6.45, 7) is 3.95. The number of guanidine groups is 1. The first-order valence-corrected chi connectivity index (χ1v) is 9.58. The van der Waals surface area contributed by atoms with Crippen LogP contribution in [0.4, 0.5) is 0 Å². The summed E-state index contributed by atoms with van der Waals surface area (Å²) < 4.78 is 4.92. The lowest BCUT2D eigenvalue weighted by atomic mass is 9.82. The van der Waals surface area contributed by atoms with E-state index in [1.165, 1.54) is 18.4 Å². The molecule has 1 aliphatic carbocycles. The molecule has 0 radical (unpaired) electrons. The van der Waals surface area contributed by atoms with Crippen LogP contribution in [0, 0.1) is 0 Å². The number of carbonyl (C=O) groups is 1. The minimum Gasteiger partial charge on any atom is -0.383 e. The van der Waals surface area contributed by atoms with Crippen molar-refractivity contribution in [3.63, 3.8) is 0 Å². The molecule has 0 aromatic heterocycles. The van der Waals surface area contributed by atoms with Gasteiger partial charge in [0, 0.05) is 26.2 Å². The maximum atomic E-state index is 11.8. The Labute approximate surface area is 179 Å². The average molecular weight is 488 g/mol. The maximum Gasteiger partial charge on any atom is 0.241 e. The fourth-order valence-electron chi connectivity index (χ4n) is 3.31. The van der Waals surface area contributed by atoms with Crippen molar-refractivity contribution < 1.29 is 9.53 Å². The second-order valence-electron chi connectivity index (χ2n) is 6.64. The number of aliphatic imine (C=N–C) groups is 1. The Morgan fingerprint density at radius 3 is 2.48 bits per heavy atom. The summed E-state index contributed by atoms with van der Waals surface area (Å²) in [5, 5.41) is 9.50. The Hall–Kier alpha value is -1.35. The predicted molar refractivity (Wildman–Crippen MR) is 121 cm³/mol. The number of methoxy groups -OCH3 is 1. The van der Waals surface area contributed by atoms with Gasteiger partial charge in [-0.15, -0.1) is 24.0 Å². The van der Waals surface area contributed by atoms with Gasteiger partial charge in [-0.05, 0) is 44.1 Å². The summed E-state index contributed by atoms with van der Waals surface area (Å²) in [4.78, 5) is 16.2. The summed E-state index contributed by atoms with van der Waals surface area (Å²) in [6, 6.07) is 11.2. The molecule has 1 amide bonds. The third-order valence-electron chi connectivity index (χ3n) is 4.69. The predicted octanol–water partition coefficient (Wildman–Crippen LogP) is 2.65. The number of benzene rings is 1. The van der Waals surface area contributed by atoms with Gasteiger partial charge in [0.2, 0.25) is 5.91 Å². The SMILES string of the molecule is CCNC(=NCC(=O)NCCOC)NC1CCC(c2ccccc2)CC1.I. The first-order valence-electron chi connectivity index (χ1n) is 9.58. The van der Waals surface area contributed by atoms with Crippen LogP contribution in [0.15, 0.2) is 35.3 Å². The largest absolute Gasteiger partial charge is 0.383 e. The summed E-state index contributed by atoms with van der Waals surface area (Å²) in [6.07, 6.45) is 4.59. The summed E-state index contributed by atoms with van der Waals surface area (Å²) in [5.74, 6) is 1.28. The molecular weight excluding hydrogens is 455 g/mol. The molecule has 27 heavy (non-hydrogen) atoms. The monoisotopic (exact) mass is 488 g/mol. The van der Waals surface area contributed by atoms with Gasteiger partial charge in [-0.25, -0.2) is 4.99 Å². The third kappa shape index (κ3) is 8.92. The number of rotatable bonds is 8. The van der Waals surface area contributed by atoms with Gasteiger partial charge < -0.3 is 20.7 Å². The molecule has 1 aromatic rings. The fourth-order valence-corrected chi connectivity index (χ4v) is 3.31. The zero-order chi connectivity index (χ0) is 18.6. The molecule has 0 unspecified atom stereocenters. The summed E-state index contributed by atoms with van der Waals surface area (Å²) in [7, 11) is 1.62. The molecule has 3 N–H and O–H groups in total. The number of hydrogen-bond donors (Lipinski definition) is 3. The van der Waals surface area contributed by atoms with E-state index < -0.39 is 0 Å². The molecule has 1 aromatic carbocycles. The number of nitrogens with zero attached hydrogens (tertiary/aromatic N) is 1. The van der Waals surface area contributed by atoms with Crippen LogP contribution in [0.3, 0.4) is 0 Å². The summed E-state index contributed by atoms with van der Waals surface area (Å²) in [5.41, 5.74) is 1.44. The van der Waals surface area contributed by atoms with Gasteiger partial charge in [0.1, 0.15) is 6.54 Å². The molecule has 0 atom stereocenters. The average Bonchev–Trinajstić information content (AvgIpc) is 2.68. The second kappa shape index (κ2) is 13.8. The lowest BCUT2D eigenvalue weighted by Gasteiger charge is -2.30. The fraction of sp³-hybridized carbons (Fsp3) is 0.600. The Kier molecular flexibility index (Phi) is 12.1. The van der Waals surface area contributed by atoms with Gasteiger partial charge in [0.15, 0.2) is 5.96 Å². The quantitative estimate of drug-likeness (QED) is 0.228. The molecule has 7 heteroatoms. The highest BCUT2D eigenvalue weighted by Gasteiger charge is 2.22. The molecule has 0 heterocycles. The van der Waals surface area contributed by atoms with E-state index in [1.54, 1.807) is 7.11 Å². The molecule has 152 valence electrons. The van der Waals surface area contributed by atoms with E-state index in [1.807, 2.05) is 6.92 Å². The number of halogens is 1. The molecule has 0 saturated heterocycles. The molecule has 6 nitrogen and oxygen atoms in total. The normalized spacial score (nSPS) is 19.7. The van der Waals surface area contributed by atoms with Gasteiger partial charge in [-0.3, -0.25) is 4.79 Å². The minimum atomic E-state index is -0.0907. The van der Waals surface area contributed by atoms with Crippen molar-refractivity contribution in [1.82, 2.24) is 16.0 Å². The molecular formula is C20H33IN4O2. The number of hydrogen-bond acceptors (Lipinski definition) is 3. The van der Waals surface area contributed by atoms with Crippen molar-refractivity contribution in [2.45, 2.75) is 44.6 Å². The third-order valence-corrected chi connectivity index (χ3v) is 4.69. The van der Waals surface area contributed by atoms with Crippen LogP contribution >= 0.6 is 24.0 Å². The first-order chi connectivity index (χ1) is 12.7. The van der Waals surface area contributed by atoms with Crippen LogP contribution < -0.4 is 16.0 Å². The van der Waals surface area contributed by atoms with Gasteiger partial charge in [-0.2, -0.15) is 0 Å². The van der Waals surface area contributed by atoms with Gasteiger partial charge in [0.05, 0.1) is 6.61 Å². The van der Waals surface area contributed by atoms with Gasteiger partial charge in [-0.1, -0.05) is 30.3 Å². The van der Waals surface area contributed by atoms with E-state index in [0.29, 0.717) is 25.1 Å². The van der Waals surface area contributed by atoms with Crippen molar-refractivity contribution in [2.75, 3.05) is 33.4 Å². The van der Waals surface area contributed by atoms with E-state index in [9.17, 15) is 4.79 Å². The van der Waals surface area contributed by atoms with Crippen LogP contribution in [-0.4, -0.2) is 51.3 Å². The van der Waals surface area contributed by atoms with E-state index in [0.717, 1.165) is 25.3 Å². The maximum absolute atomic E-state index is 11.8. The van der Waals surface area contributed by atoms with Crippen LogP contribution in [0.2, 0.25) is 0 Å². The number of amides is 1. The zero-order valence-corrected chi connectivity index (χ0v) is 18.7. The molecule has 0 bridgehead atoms. The highest BCUT2D eigenvalue weighted by Crippen LogP contribution is 2.32. The van der Waals surface area contributed by atoms with Crippen LogP contribution in [0.1, 0.15) is 44.1 Å². The lowest BCUT2D eigenvalue weighted by molar-refractivity contribution is -0.119. The van der Waals surface area contributed by atoms with E-state index in [-0.39, 0.29) is 36.4 Å². The second-order valence-corrected chi connectivity index (χ2v) is 6.64. The Bertz CT molecular complexity index is 560. The first kappa shape index (κ1) is 23.7. The number of carbonyl (C=O) groups excluding carboxylic acids is 1. The van der Waals surface area contributed by atoms with Crippen LogP contribution in [-0.2, 0) is 9.53 Å². The highest BCUT2D eigenvalue weighted by atomic mass is 127. The number of ether oxygens (including phenoxy) is 1. The van der Waals surface area contributed by atoms with Crippen molar-refractivity contribution >= 4 is 35.8 Å². The molecule has 2 rings (SSSR count). The van der Waals surface area contributed by atoms with Crippen LogP contribution in [0.5, 0.6) is 0 Å². The van der Waals surface area contributed by atoms with Crippen molar-refractivity contribution in [3.05, 3.63) is 35.9 Å². The molecule has 1 aliphatic rings. The van der Waals surface area contributed by atoms with Crippen molar-refractivity contribution in [2.24, 2.45) is 4.99 Å². The standard InChI is InChI=1S/C20H32N4O2.HI/c1-3-21-20(23-15-19(25)22-13-14-26-2)24-18-11-9-17(10-12-18)16-7-5-4-6-8-16;/h4-8,17-18H,3,9-15H2,1-2H3,(H,22,25)(H2,21,23,24);1H. The summed E-state index contributed by atoms with van der Waals surface area (Å²) >= 11 is 0. The van der Waals surface area contributed by atoms with Gasteiger partial charge >= 0.3 is 0 Å². The Morgan fingerprint density at radius 2 is 1.85 bits per heavy atom. The molecule has 1 fully saturated rings. The Balaban J connectivity index is 0.00000364. The van der Waals surface area contributed by atoms with Gasteiger partial charge in [0.25, 0.3) is 0 Å². The minimum absolute atomic E-state index is 0. The van der Waals surface area contributed by atoms with E-state index in [2.05, 4.69) is 51.3 Å². The molecule has 0 aliphatic heterocycles. The number of nitrogens with one attached hydrogen (secondary N) is 3. The van der Waals surface area contributed by atoms with Crippen molar-refractivity contribution in [3.8, 4) is 0 Å². The Morgan fingerprint density at radius 1 is 1.15 bits per heavy atom. The lowest BCUT2D eigenvalue weighted by Crippen LogP contribution is -2.45. The zero-order valence-electron chi connectivity index (χ0n) is 16.4. The highest BCUT2D eigenvalue weighted by molar-refractivity contribution is 14.0. The van der Waals surface area contributed by atoms with Crippen molar-refractivity contribution in [1.29, 1.82) is 0 Å². The molecule has 0 spiro atoms. The van der Waals surface area contributed by atoms with E-state index in [4.69, 9.17) is 4.74 Å². The molecule has 1 saturated carbocycles. The van der Waals surface area contributed by atoms with E-state index >= 15 is 0 Å². The smallest absolute Gasteiger partial charge is 0.241 e. The topological polar surface area (TPSA) is 74.8 Å².